The van der Waals surface area contributed by atoms with E-state index in [0.717, 1.165) is 20.8 Å². The molecule has 3 aromatic rings. The average Bonchev–Trinajstić information content (AvgIpc) is 2.63. The van der Waals surface area contributed by atoms with Gasteiger partial charge in [0.2, 0.25) is 11.8 Å². The van der Waals surface area contributed by atoms with Gasteiger partial charge in [0.1, 0.15) is 12.4 Å². The Balaban J connectivity index is 2.17. The molecular formula is C21H21N3O4. The van der Waals surface area contributed by atoms with E-state index in [1.54, 1.807) is 24.3 Å². The summed E-state index contributed by atoms with van der Waals surface area (Å²) in [5, 5.41) is 1.09. The first-order chi connectivity index (χ1) is 13.3. The van der Waals surface area contributed by atoms with Gasteiger partial charge in [-0.15, -0.1) is 0 Å². The van der Waals surface area contributed by atoms with Crippen LogP contribution in [0.3, 0.4) is 0 Å². The van der Waals surface area contributed by atoms with Crippen LogP contribution in [0.1, 0.15) is 30.8 Å². The monoisotopic (exact) mass is 379 g/mol. The minimum Gasteiger partial charge on any atom is -0.485 e. The second-order valence-electron chi connectivity index (χ2n) is 6.52. The summed E-state index contributed by atoms with van der Waals surface area (Å²) >= 11 is 0. The van der Waals surface area contributed by atoms with E-state index < -0.39 is 17.4 Å². The third-order valence-corrected chi connectivity index (χ3v) is 4.37. The van der Waals surface area contributed by atoms with Gasteiger partial charge in [-0.1, -0.05) is 30.3 Å². The molecule has 0 saturated heterocycles. The number of rotatable bonds is 4. The van der Waals surface area contributed by atoms with Crippen molar-refractivity contribution >= 4 is 22.7 Å². The van der Waals surface area contributed by atoms with Crippen LogP contribution in [0.25, 0.3) is 10.9 Å². The zero-order valence-electron chi connectivity index (χ0n) is 16.2. The fourth-order valence-corrected chi connectivity index (χ4v) is 3.14. The first kappa shape index (κ1) is 19.3. The van der Waals surface area contributed by atoms with Gasteiger partial charge < -0.3 is 4.74 Å². The van der Waals surface area contributed by atoms with Crippen LogP contribution in [0, 0.1) is 13.8 Å². The summed E-state index contributed by atoms with van der Waals surface area (Å²) in [4.78, 5) is 41.7. The first-order valence-corrected chi connectivity index (χ1v) is 8.82. The first-order valence-electron chi connectivity index (χ1n) is 8.82. The Morgan fingerprint density at radius 2 is 1.61 bits per heavy atom. The van der Waals surface area contributed by atoms with Gasteiger partial charge in [-0.2, -0.15) is 9.69 Å². The number of para-hydroxylation sites is 2. The van der Waals surface area contributed by atoms with Crippen LogP contribution < -0.4 is 15.3 Å². The highest BCUT2D eigenvalue weighted by Crippen LogP contribution is 2.23. The molecule has 0 radical (unpaired) electrons. The summed E-state index contributed by atoms with van der Waals surface area (Å²) in [6.45, 7) is 6.20. The van der Waals surface area contributed by atoms with Crippen LogP contribution in [0.2, 0.25) is 0 Å². The molecule has 0 N–H and O–H groups in total. The predicted octanol–water partition coefficient (Wildman–Crippen LogP) is 2.62. The van der Waals surface area contributed by atoms with Crippen LogP contribution >= 0.6 is 0 Å². The third kappa shape index (κ3) is 3.51. The molecule has 0 aliphatic rings. The van der Waals surface area contributed by atoms with E-state index in [1.807, 2.05) is 32.0 Å². The van der Waals surface area contributed by atoms with Crippen molar-refractivity contribution < 1.29 is 14.3 Å². The second-order valence-corrected chi connectivity index (χ2v) is 6.52. The summed E-state index contributed by atoms with van der Waals surface area (Å²) in [6.07, 6.45) is 0. The van der Waals surface area contributed by atoms with E-state index in [4.69, 9.17) is 4.74 Å². The lowest BCUT2D eigenvalue weighted by molar-refractivity contribution is -0.126. The zero-order valence-corrected chi connectivity index (χ0v) is 16.2. The molecule has 3 rings (SSSR count). The lowest BCUT2D eigenvalue weighted by Gasteiger charge is -2.23. The maximum Gasteiger partial charge on any atom is 0.281 e. The molecule has 7 heteroatoms. The summed E-state index contributed by atoms with van der Waals surface area (Å²) < 4.78 is 6.94. The van der Waals surface area contributed by atoms with Crippen molar-refractivity contribution in [3.63, 3.8) is 0 Å². The minimum absolute atomic E-state index is 0.0805. The Morgan fingerprint density at radius 1 is 1.00 bits per heavy atom. The van der Waals surface area contributed by atoms with E-state index in [1.165, 1.54) is 13.8 Å². The molecule has 7 nitrogen and oxygen atoms in total. The number of fused-ring (bicyclic) bond motifs is 1. The van der Waals surface area contributed by atoms with Crippen LogP contribution in [0.5, 0.6) is 5.75 Å². The van der Waals surface area contributed by atoms with Crippen molar-refractivity contribution in [1.29, 1.82) is 0 Å². The Bertz CT molecular complexity index is 1100. The fraction of sp³-hybridized carbons (Fsp3) is 0.238. The summed E-state index contributed by atoms with van der Waals surface area (Å²) in [5.74, 6) is -0.328. The number of imide groups is 1. The number of aryl methyl sites for hydroxylation is 2. The van der Waals surface area contributed by atoms with Crippen molar-refractivity contribution in [1.82, 2.24) is 9.66 Å². The van der Waals surface area contributed by atoms with E-state index in [-0.39, 0.29) is 12.4 Å². The fourth-order valence-electron chi connectivity index (χ4n) is 3.14. The largest absolute Gasteiger partial charge is 0.485 e. The summed E-state index contributed by atoms with van der Waals surface area (Å²) in [5.41, 5.74) is 1.83. The molecule has 1 aromatic heterocycles. The summed E-state index contributed by atoms with van der Waals surface area (Å²) in [6, 6.07) is 12.5. The highest BCUT2D eigenvalue weighted by molar-refractivity contribution is 6.06. The quantitative estimate of drug-likeness (QED) is 0.696. The van der Waals surface area contributed by atoms with Crippen LogP contribution in [-0.2, 0) is 16.2 Å². The van der Waals surface area contributed by atoms with Crippen LogP contribution in [-0.4, -0.2) is 21.5 Å². The Labute approximate surface area is 162 Å². The van der Waals surface area contributed by atoms with E-state index in [9.17, 15) is 14.4 Å². The van der Waals surface area contributed by atoms with Gasteiger partial charge in [0.25, 0.3) is 5.56 Å². The highest BCUT2D eigenvalue weighted by atomic mass is 16.5. The number of aromatic nitrogens is 2. The Kier molecular flexibility index (Phi) is 5.26. The van der Waals surface area contributed by atoms with Crippen molar-refractivity contribution in [2.75, 3.05) is 5.01 Å². The number of hydrogen-bond donors (Lipinski definition) is 0. The molecule has 0 bridgehead atoms. The van der Waals surface area contributed by atoms with E-state index in [2.05, 4.69) is 4.98 Å². The number of nitrogens with zero attached hydrogens (tertiary/aromatic N) is 3. The normalized spacial score (nSPS) is 10.7. The molecule has 0 fully saturated rings. The molecule has 0 aliphatic heterocycles. The van der Waals surface area contributed by atoms with Crippen molar-refractivity contribution in [2.45, 2.75) is 34.3 Å². The average molecular weight is 379 g/mol. The van der Waals surface area contributed by atoms with Crippen LogP contribution in [0.15, 0.2) is 47.3 Å². The molecule has 2 amide bonds. The molecule has 1 heterocycles. The molecule has 0 spiro atoms. The summed E-state index contributed by atoms with van der Waals surface area (Å²) in [7, 11) is 0. The van der Waals surface area contributed by atoms with E-state index >= 15 is 0 Å². The van der Waals surface area contributed by atoms with Crippen molar-refractivity contribution in [3.8, 4) is 5.75 Å². The Morgan fingerprint density at radius 3 is 2.21 bits per heavy atom. The molecule has 28 heavy (non-hydrogen) atoms. The number of carbonyl (C=O) groups is 2. The van der Waals surface area contributed by atoms with Gasteiger partial charge >= 0.3 is 0 Å². The molecule has 2 aromatic carbocycles. The molecule has 0 saturated carbocycles. The third-order valence-electron chi connectivity index (χ3n) is 4.37. The topological polar surface area (TPSA) is 81.5 Å². The van der Waals surface area contributed by atoms with Crippen molar-refractivity contribution in [3.05, 3.63) is 69.8 Å². The molecule has 144 valence electrons. The molecule has 0 unspecified atom stereocenters. The maximum atomic E-state index is 13.1. The molecular weight excluding hydrogens is 358 g/mol. The highest BCUT2D eigenvalue weighted by Gasteiger charge is 2.23. The van der Waals surface area contributed by atoms with Gasteiger partial charge in [-0.25, -0.2) is 4.98 Å². The molecule has 0 atom stereocenters. The number of amides is 2. The smallest absolute Gasteiger partial charge is 0.281 e. The van der Waals surface area contributed by atoms with Crippen molar-refractivity contribution in [2.24, 2.45) is 0 Å². The minimum atomic E-state index is -0.583. The molecule has 0 aliphatic carbocycles. The predicted molar refractivity (Wildman–Crippen MR) is 106 cm³/mol. The number of ether oxygens (including phenoxy) is 1. The van der Waals surface area contributed by atoms with Gasteiger partial charge in [0.15, 0.2) is 5.82 Å². The lowest BCUT2D eigenvalue weighted by atomic mass is 10.1. The number of carbonyl (C=O) groups excluding carboxylic acids is 2. The van der Waals surface area contributed by atoms with Gasteiger partial charge in [0.05, 0.1) is 10.9 Å². The zero-order chi connectivity index (χ0) is 20.4. The van der Waals surface area contributed by atoms with Gasteiger partial charge in [-0.05, 0) is 37.1 Å². The number of hydrogen-bond acceptors (Lipinski definition) is 5. The second kappa shape index (κ2) is 7.64. The SMILES string of the molecule is CC(=O)N(C(C)=O)n1c(COc2c(C)cccc2C)nc2ccccc2c1=O. The van der Waals surface area contributed by atoms with E-state index in [0.29, 0.717) is 16.7 Å². The Hall–Kier alpha value is -3.48. The van der Waals surface area contributed by atoms with Gasteiger partial charge in [-0.3, -0.25) is 14.4 Å². The lowest BCUT2D eigenvalue weighted by Crippen LogP contribution is -2.50. The standard InChI is InChI=1S/C21H21N3O4/c1-13-8-7-9-14(2)20(13)28-12-19-22-18-11-6-5-10-17(18)21(27)24(19)23(15(3)25)16(4)26/h5-11H,12H2,1-4H3. The van der Waals surface area contributed by atoms with Crippen LogP contribution in [0.4, 0.5) is 0 Å². The number of benzene rings is 2. The van der Waals surface area contributed by atoms with Gasteiger partial charge in [0, 0.05) is 13.8 Å². The maximum absolute atomic E-state index is 13.1.